The van der Waals surface area contributed by atoms with Crippen molar-refractivity contribution in [2.75, 3.05) is 0 Å². The number of hydrogen-bond donors (Lipinski definition) is 0. The van der Waals surface area contributed by atoms with Gasteiger partial charge in [-0.3, -0.25) is 0 Å². The molecule has 1 atom stereocenters. The molecule has 4 aliphatic heterocycles. The minimum Gasteiger partial charge on any atom is -0.601 e. The summed E-state index contributed by atoms with van der Waals surface area (Å²) in [6, 6.07) is 59.8. The Hall–Kier alpha value is -8.03. The van der Waals surface area contributed by atoms with E-state index in [0.29, 0.717) is 0 Å². The Morgan fingerprint density at radius 2 is 0.983 bits per heavy atom. The van der Waals surface area contributed by atoms with Crippen molar-refractivity contribution in [2.45, 2.75) is 0 Å². The van der Waals surface area contributed by atoms with Crippen LogP contribution < -0.4 is 9.31 Å². The van der Waals surface area contributed by atoms with Crippen LogP contribution in [0.15, 0.2) is 179 Å². The van der Waals surface area contributed by atoms with Gasteiger partial charge in [0.25, 0.3) is 0 Å². The molecule has 1 unspecified atom stereocenters. The molecular formula is C53H29BN2O4. The average Bonchev–Trinajstić information content (AvgIpc) is 4.04. The van der Waals surface area contributed by atoms with Gasteiger partial charge in [0.15, 0.2) is 11.4 Å². The first kappa shape index (κ1) is 31.0. The number of furan rings is 2. The maximum absolute atomic E-state index is 7.66. The molecule has 15 rings (SSSR count). The Balaban J connectivity index is 1.10. The molecule has 0 bridgehead atoms. The monoisotopic (exact) mass is 768 g/mol. The van der Waals surface area contributed by atoms with Gasteiger partial charge in [0, 0.05) is 55.3 Å². The third-order valence-corrected chi connectivity index (χ3v) is 13.3. The third kappa shape index (κ3) is 3.78. The van der Waals surface area contributed by atoms with Crippen LogP contribution in [-0.4, -0.2) is 21.5 Å². The summed E-state index contributed by atoms with van der Waals surface area (Å²) < 4.78 is 33.1. The summed E-state index contributed by atoms with van der Waals surface area (Å²) in [4.78, 5) is 0. The molecule has 4 aliphatic rings. The van der Waals surface area contributed by atoms with Crippen molar-refractivity contribution >= 4 is 79.0 Å². The van der Waals surface area contributed by atoms with Crippen molar-refractivity contribution in [1.82, 2.24) is 4.48 Å². The van der Waals surface area contributed by atoms with Gasteiger partial charge in [-0.1, -0.05) is 109 Å². The summed E-state index contributed by atoms with van der Waals surface area (Å²) >= 11 is 0. The van der Waals surface area contributed by atoms with E-state index in [0.717, 1.165) is 133 Å². The molecule has 0 N–H and O–H groups in total. The van der Waals surface area contributed by atoms with E-state index in [-0.39, 0.29) is 0 Å². The zero-order chi connectivity index (χ0) is 38.8. The smallest absolute Gasteiger partial charge is 0.601 e. The zero-order valence-corrected chi connectivity index (χ0v) is 31.8. The van der Waals surface area contributed by atoms with Crippen LogP contribution in [-0.2, 0) is 0 Å². The fraction of sp³-hybridized carbons (Fsp3) is 0. The second kappa shape index (κ2) is 10.7. The summed E-state index contributed by atoms with van der Waals surface area (Å²) in [5, 5.41) is 6.53. The molecule has 11 aromatic rings. The van der Waals surface area contributed by atoms with E-state index in [1.807, 2.05) is 24.3 Å². The van der Waals surface area contributed by atoms with Gasteiger partial charge in [-0.25, -0.2) is 0 Å². The first-order valence-corrected chi connectivity index (χ1v) is 20.4. The highest BCUT2D eigenvalue weighted by molar-refractivity contribution is 6.65. The van der Waals surface area contributed by atoms with E-state index in [1.165, 1.54) is 0 Å². The molecule has 7 heterocycles. The normalized spacial score (nSPS) is 16.7. The second-order valence-corrected chi connectivity index (χ2v) is 16.4. The highest BCUT2D eigenvalue weighted by atomic mass is 16.6. The molecule has 0 radical (unpaired) electrons. The van der Waals surface area contributed by atoms with Crippen molar-refractivity contribution in [1.29, 1.82) is 0 Å². The van der Waals surface area contributed by atoms with E-state index >= 15 is 0 Å². The van der Waals surface area contributed by atoms with Gasteiger partial charge in [-0.15, -0.1) is 0 Å². The Labute approximate surface area is 342 Å². The SMILES string of the molecule is C1=C2c3cc4c(cc3C3=[N+]2[B-]2(Oc5cc(-c6ccccc6)ccc53)Oc3cc(-c5ccccc5)ccc3-c3c5cc6oc7ccccc7c6cc5c1n32)oc1ccccc14. The van der Waals surface area contributed by atoms with Gasteiger partial charge in [-0.05, 0) is 82.9 Å². The Morgan fingerprint density at radius 1 is 0.400 bits per heavy atom. The summed E-state index contributed by atoms with van der Waals surface area (Å²) in [6.45, 7) is -2.51. The zero-order valence-electron chi connectivity index (χ0n) is 31.8. The summed E-state index contributed by atoms with van der Waals surface area (Å²) in [5.74, 6) is 1.52. The lowest BCUT2D eigenvalue weighted by atomic mass is 9.77. The van der Waals surface area contributed by atoms with Gasteiger partial charge in [0.2, 0.25) is 0 Å². The Kier molecular flexibility index (Phi) is 5.54. The molecule has 60 heavy (non-hydrogen) atoms. The van der Waals surface area contributed by atoms with Gasteiger partial charge in [-0.2, -0.15) is 0 Å². The molecule has 0 aliphatic carbocycles. The molecule has 1 spiro atoms. The molecule has 7 heteroatoms. The van der Waals surface area contributed by atoms with E-state index in [2.05, 4.69) is 161 Å². The number of nitrogens with zero attached hydrogens (tertiary/aromatic N) is 2. The highest BCUT2D eigenvalue weighted by Gasteiger charge is 2.64. The molecule has 8 aromatic carbocycles. The number of aromatic nitrogens is 1. The fourth-order valence-electron chi connectivity index (χ4n) is 10.7. The first-order chi connectivity index (χ1) is 29.7. The molecule has 6 nitrogen and oxygen atoms in total. The predicted octanol–water partition coefficient (Wildman–Crippen LogP) is 12.9. The van der Waals surface area contributed by atoms with Gasteiger partial charge in [0.05, 0.1) is 28.2 Å². The summed E-state index contributed by atoms with van der Waals surface area (Å²) in [5.41, 5.74) is 16.1. The molecule has 0 fully saturated rings. The predicted molar refractivity (Wildman–Crippen MR) is 239 cm³/mol. The maximum atomic E-state index is 7.66. The van der Waals surface area contributed by atoms with E-state index in [9.17, 15) is 0 Å². The van der Waals surface area contributed by atoms with Crippen LogP contribution in [0.1, 0.15) is 22.4 Å². The number of fused-ring (bicyclic) bond motifs is 16. The standard InChI is InChI=1S/C53H29BN2O4/c1-3-11-30(12-4-1)32-19-21-36-50(23-32)59-54-55-44(38-25-40-34-15-7-9-17-46(34)57-48(40)27-42(38)52(36)55)29-45-39-26-41-35-16-8-10-18-47(35)58-49(41)28-43(39)53(56(45)54)37-22-20-33(24-51(37)60-54)31-13-5-2-6-14-31/h1-29H. The molecular weight excluding hydrogens is 739 g/mol. The Bertz CT molecular complexity index is 3830. The lowest BCUT2D eigenvalue weighted by Gasteiger charge is -2.47. The number of benzene rings is 8. The summed E-state index contributed by atoms with van der Waals surface area (Å²) in [7, 11) is 0. The molecule has 0 amide bonds. The van der Waals surface area contributed by atoms with Crippen LogP contribution in [0.25, 0.3) is 99.9 Å². The minimum absolute atomic E-state index is 0.762. The number of hydrogen-bond acceptors (Lipinski definition) is 4. The van der Waals surface area contributed by atoms with Crippen LogP contribution in [0.3, 0.4) is 0 Å². The van der Waals surface area contributed by atoms with Gasteiger partial charge < -0.3 is 27.1 Å². The van der Waals surface area contributed by atoms with Crippen molar-refractivity contribution in [2.24, 2.45) is 0 Å². The number of para-hydroxylation sites is 2. The number of rotatable bonds is 2. The highest BCUT2D eigenvalue weighted by Crippen LogP contribution is 2.55. The largest absolute Gasteiger partial charge is 0.780 e. The van der Waals surface area contributed by atoms with E-state index in [1.54, 1.807) is 0 Å². The maximum Gasteiger partial charge on any atom is 0.780 e. The van der Waals surface area contributed by atoms with Crippen molar-refractivity contribution < 1.29 is 22.6 Å². The third-order valence-electron chi connectivity index (χ3n) is 13.3. The van der Waals surface area contributed by atoms with E-state index < -0.39 is 6.82 Å². The fourth-order valence-corrected chi connectivity index (χ4v) is 10.7. The van der Waals surface area contributed by atoms with Crippen molar-refractivity contribution in [3.8, 4) is 45.0 Å². The topological polar surface area (TPSA) is 52.7 Å². The average molecular weight is 769 g/mol. The van der Waals surface area contributed by atoms with Crippen LogP contribution in [0.2, 0.25) is 0 Å². The van der Waals surface area contributed by atoms with Crippen LogP contribution in [0, 0.1) is 0 Å². The quantitative estimate of drug-likeness (QED) is 0.164. The van der Waals surface area contributed by atoms with Crippen molar-refractivity contribution in [3.63, 3.8) is 0 Å². The molecule has 0 saturated carbocycles. The molecule has 3 aromatic heterocycles. The van der Waals surface area contributed by atoms with Gasteiger partial charge in [0.1, 0.15) is 22.3 Å². The first-order valence-electron chi connectivity index (χ1n) is 20.4. The van der Waals surface area contributed by atoms with Crippen molar-refractivity contribution in [3.05, 3.63) is 192 Å². The molecule has 278 valence electrons. The lowest BCUT2D eigenvalue weighted by Crippen LogP contribution is -2.69. The second-order valence-electron chi connectivity index (χ2n) is 16.4. The van der Waals surface area contributed by atoms with Crippen LogP contribution >= 0.6 is 0 Å². The molecule has 0 saturated heterocycles. The van der Waals surface area contributed by atoms with Gasteiger partial charge >= 0.3 is 6.82 Å². The van der Waals surface area contributed by atoms with Crippen LogP contribution in [0.5, 0.6) is 11.5 Å². The lowest BCUT2D eigenvalue weighted by molar-refractivity contribution is -0.330. The minimum atomic E-state index is -2.51. The van der Waals surface area contributed by atoms with E-state index in [4.69, 9.17) is 18.1 Å². The van der Waals surface area contributed by atoms with Crippen LogP contribution in [0.4, 0.5) is 0 Å². The Morgan fingerprint density at radius 3 is 1.67 bits per heavy atom. The summed E-state index contributed by atoms with van der Waals surface area (Å²) in [6.07, 6.45) is 2.35.